The Morgan fingerprint density at radius 2 is 2.16 bits per heavy atom. The number of aromatic nitrogens is 1. The molecule has 0 spiro atoms. The van der Waals surface area contributed by atoms with Gasteiger partial charge in [-0.3, -0.25) is 9.59 Å². The van der Waals surface area contributed by atoms with Crippen LogP contribution in [-0.4, -0.2) is 30.1 Å². The summed E-state index contributed by atoms with van der Waals surface area (Å²) in [7, 11) is 1.28. The number of rotatable bonds is 4. The molecular formula is C13H13ClN2O3. The summed E-state index contributed by atoms with van der Waals surface area (Å²) in [5.41, 5.74) is 0.914. The SMILES string of the molecule is COC(=O)CNC(=O)Cn1ccc2cc(Cl)ccc21. The molecule has 5 nitrogen and oxygen atoms in total. The third-order valence-electron chi connectivity index (χ3n) is 2.70. The first-order valence-corrected chi connectivity index (χ1v) is 6.06. The Morgan fingerprint density at radius 3 is 2.89 bits per heavy atom. The van der Waals surface area contributed by atoms with E-state index in [0.717, 1.165) is 10.9 Å². The maximum absolute atomic E-state index is 11.7. The molecule has 0 aliphatic carbocycles. The lowest BCUT2D eigenvalue weighted by atomic mass is 10.2. The molecule has 2 rings (SSSR count). The van der Waals surface area contributed by atoms with Crippen LogP contribution >= 0.6 is 11.6 Å². The number of hydrogen-bond donors (Lipinski definition) is 1. The standard InChI is InChI=1S/C13H13ClN2O3/c1-19-13(18)7-15-12(17)8-16-5-4-9-6-10(14)2-3-11(9)16/h2-6H,7-8H2,1H3,(H,15,17). The zero-order valence-electron chi connectivity index (χ0n) is 10.4. The number of esters is 1. The fraction of sp³-hybridized carbons (Fsp3) is 0.231. The smallest absolute Gasteiger partial charge is 0.325 e. The largest absolute Gasteiger partial charge is 0.468 e. The topological polar surface area (TPSA) is 60.3 Å². The van der Waals surface area contributed by atoms with E-state index in [1.54, 1.807) is 16.8 Å². The summed E-state index contributed by atoms with van der Waals surface area (Å²) >= 11 is 5.89. The Hall–Kier alpha value is -2.01. The maximum atomic E-state index is 11.7. The Balaban J connectivity index is 2.05. The summed E-state index contributed by atoms with van der Waals surface area (Å²) < 4.78 is 6.23. The Kier molecular flexibility index (Phi) is 4.06. The Bertz CT molecular complexity index is 621. The van der Waals surface area contributed by atoms with Gasteiger partial charge in [-0.2, -0.15) is 0 Å². The average Bonchev–Trinajstić information content (AvgIpc) is 2.78. The number of nitrogens with one attached hydrogen (secondary N) is 1. The van der Waals surface area contributed by atoms with Crippen LogP contribution in [0.15, 0.2) is 30.5 Å². The number of benzene rings is 1. The fourth-order valence-electron chi connectivity index (χ4n) is 1.76. The summed E-state index contributed by atoms with van der Waals surface area (Å²) in [4.78, 5) is 22.6. The van der Waals surface area contributed by atoms with Crippen LogP contribution in [-0.2, 0) is 20.9 Å². The van der Waals surface area contributed by atoms with Gasteiger partial charge in [0.25, 0.3) is 0 Å². The molecule has 1 aromatic heterocycles. The van der Waals surface area contributed by atoms with E-state index in [0.29, 0.717) is 5.02 Å². The minimum absolute atomic E-state index is 0.125. The predicted molar refractivity (Wildman–Crippen MR) is 72.0 cm³/mol. The van der Waals surface area contributed by atoms with Gasteiger partial charge in [-0.25, -0.2) is 0 Å². The van der Waals surface area contributed by atoms with Gasteiger partial charge in [0.15, 0.2) is 0 Å². The van der Waals surface area contributed by atoms with E-state index >= 15 is 0 Å². The fourth-order valence-corrected chi connectivity index (χ4v) is 1.94. The van der Waals surface area contributed by atoms with Crippen LogP contribution in [0.25, 0.3) is 10.9 Å². The van der Waals surface area contributed by atoms with E-state index < -0.39 is 5.97 Å². The lowest BCUT2D eigenvalue weighted by molar-refractivity contribution is -0.141. The number of fused-ring (bicyclic) bond motifs is 1. The van der Waals surface area contributed by atoms with E-state index in [1.807, 2.05) is 18.2 Å². The number of halogens is 1. The number of amides is 1. The monoisotopic (exact) mass is 280 g/mol. The highest BCUT2D eigenvalue weighted by Gasteiger charge is 2.08. The summed E-state index contributed by atoms with van der Waals surface area (Å²) in [5, 5.41) is 4.11. The maximum Gasteiger partial charge on any atom is 0.325 e. The number of methoxy groups -OCH3 is 1. The molecule has 1 heterocycles. The van der Waals surface area contributed by atoms with Crippen molar-refractivity contribution < 1.29 is 14.3 Å². The molecule has 1 amide bonds. The van der Waals surface area contributed by atoms with E-state index in [4.69, 9.17) is 11.6 Å². The second kappa shape index (κ2) is 5.75. The Labute approximate surface area is 115 Å². The molecule has 19 heavy (non-hydrogen) atoms. The van der Waals surface area contributed by atoms with E-state index in [1.165, 1.54) is 7.11 Å². The average molecular weight is 281 g/mol. The van der Waals surface area contributed by atoms with Crippen LogP contribution < -0.4 is 5.32 Å². The molecule has 0 aliphatic heterocycles. The molecule has 0 bridgehead atoms. The van der Waals surface area contributed by atoms with Gasteiger partial charge in [-0.1, -0.05) is 11.6 Å². The molecule has 2 aromatic rings. The van der Waals surface area contributed by atoms with Crippen LogP contribution in [0.1, 0.15) is 0 Å². The first-order chi connectivity index (χ1) is 9.10. The molecule has 6 heteroatoms. The zero-order chi connectivity index (χ0) is 13.8. The molecule has 0 unspecified atom stereocenters. The number of hydrogen-bond acceptors (Lipinski definition) is 3. The first kappa shape index (κ1) is 13.4. The van der Waals surface area contributed by atoms with Gasteiger partial charge in [0.2, 0.25) is 5.91 Å². The lowest BCUT2D eigenvalue weighted by Crippen LogP contribution is -2.32. The summed E-state index contributed by atoms with van der Waals surface area (Å²) in [6.45, 7) is 0.0164. The van der Waals surface area contributed by atoms with Crippen LogP contribution in [0.5, 0.6) is 0 Å². The van der Waals surface area contributed by atoms with Crippen molar-refractivity contribution in [2.24, 2.45) is 0 Å². The van der Waals surface area contributed by atoms with E-state index in [9.17, 15) is 9.59 Å². The molecule has 0 saturated heterocycles. The van der Waals surface area contributed by atoms with Crippen molar-refractivity contribution in [3.63, 3.8) is 0 Å². The summed E-state index contributed by atoms with van der Waals surface area (Å²) in [6.07, 6.45) is 1.80. The molecule has 1 N–H and O–H groups in total. The van der Waals surface area contributed by atoms with Gasteiger partial charge in [0, 0.05) is 22.1 Å². The molecule has 0 atom stereocenters. The van der Waals surface area contributed by atoms with Crippen molar-refractivity contribution in [3.8, 4) is 0 Å². The third-order valence-corrected chi connectivity index (χ3v) is 2.94. The normalized spacial score (nSPS) is 10.4. The van der Waals surface area contributed by atoms with Crippen molar-refractivity contribution in [2.45, 2.75) is 6.54 Å². The van der Waals surface area contributed by atoms with Crippen LogP contribution in [0, 0.1) is 0 Å². The van der Waals surface area contributed by atoms with E-state index in [-0.39, 0.29) is 19.0 Å². The number of carbonyl (C=O) groups excluding carboxylic acids is 2. The van der Waals surface area contributed by atoms with E-state index in [2.05, 4.69) is 10.1 Å². The summed E-state index contributed by atoms with van der Waals surface area (Å²) in [6, 6.07) is 7.34. The zero-order valence-corrected chi connectivity index (χ0v) is 11.1. The van der Waals surface area contributed by atoms with Gasteiger partial charge in [0.1, 0.15) is 13.1 Å². The molecule has 0 radical (unpaired) electrons. The minimum Gasteiger partial charge on any atom is -0.468 e. The summed E-state index contributed by atoms with van der Waals surface area (Å²) in [5.74, 6) is -0.727. The molecule has 0 fully saturated rings. The molecule has 0 saturated carbocycles. The van der Waals surface area contributed by atoms with Gasteiger partial charge in [0.05, 0.1) is 7.11 Å². The Morgan fingerprint density at radius 1 is 1.37 bits per heavy atom. The van der Waals surface area contributed by atoms with Crippen molar-refractivity contribution in [3.05, 3.63) is 35.5 Å². The predicted octanol–water partition coefficient (Wildman–Crippen LogP) is 1.58. The number of nitrogens with zero attached hydrogens (tertiary/aromatic N) is 1. The molecule has 1 aromatic carbocycles. The highest BCUT2D eigenvalue weighted by atomic mass is 35.5. The van der Waals surface area contributed by atoms with Gasteiger partial charge in [-0.05, 0) is 24.3 Å². The van der Waals surface area contributed by atoms with Gasteiger partial charge >= 0.3 is 5.97 Å². The van der Waals surface area contributed by atoms with Crippen LogP contribution in [0.2, 0.25) is 5.02 Å². The first-order valence-electron chi connectivity index (χ1n) is 5.68. The quantitative estimate of drug-likeness (QED) is 0.865. The number of ether oxygens (including phenoxy) is 1. The van der Waals surface area contributed by atoms with Crippen molar-refractivity contribution in [2.75, 3.05) is 13.7 Å². The van der Waals surface area contributed by atoms with Gasteiger partial charge in [-0.15, -0.1) is 0 Å². The van der Waals surface area contributed by atoms with Crippen LogP contribution in [0.3, 0.4) is 0 Å². The highest BCUT2D eigenvalue weighted by Crippen LogP contribution is 2.20. The van der Waals surface area contributed by atoms with Crippen molar-refractivity contribution >= 4 is 34.4 Å². The lowest BCUT2D eigenvalue weighted by Gasteiger charge is -2.06. The second-order valence-corrected chi connectivity index (χ2v) is 4.44. The third kappa shape index (κ3) is 3.26. The van der Waals surface area contributed by atoms with Gasteiger partial charge < -0.3 is 14.6 Å². The van der Waals surface area contributed by atoms with Crippen LogP contribution in [0.4, 0.5) is 0 Å². The number of carbonyl (C=O) groups is 2. The molecular weight excluding hydrogens is 268 g/mol. The second-order valence-electron chi connectivity index (χ2n) is 4.00. The minimum atomic E-state index is -0.475. The highest BCUT2D eigenvalue weighted by molar-refractivity contribution is 6.31. The molecule has 100 valence electrons. The van der Waals surface area contributed by atoms with Crippen molar-refractivity contribution in [1.29, 1.82) is 0 Å². The van der Waals surface area contributed by atoms with Crippen molar-refractivity contribution in [1.82, 2.24) is 9.88 Å². The molecule has 0 aliphatic rings.